The normalized spacial score (nSPS) is 15.4. The molecule has 6 heteroatoms. The molecule has 0 atom stereocenters. The zero-order chi connectivity index (χ0) is 20.9. The lowest BCUT2D eigenvalue weighted by Crippen LogP contribution is -2.46. The number of hydrogen-bond donors (Lipinski definition) is 1. The van der Waals surface area contributed by atoms with Crippen LogP contribution in [0, 0.1) is 13.8 Å². The SMILES string of the molecule is Cc1ccc(CNC(=O)CN(C2CCCCC2)S(=O)(=O)c2ccc(C)cc2)cc1. The first-order valence-corrected chi connectivity index (χ1v) is 11.7. The molecule has 1 fully saturated rings. The molecule has 2 aromatic carbocycles. The molecule has 3 rings (SSSR count). The van der Waals surface area contributed by atoms with Gasteiger partial charge in [-0.1, -0.05) is 66.8 Å². The number of benzene rings is 2. The van der Waals surface area contributed by atoms with Crippen LogP contribution in [0.2, 0.25) is 0 Å². The molecule has 1 aliphatic carbocycles. The molecule has 1 saturated carbocycles. The number of nitrogens with zero attached hydrogens (tertiary/aromatic N) is 1. The summed E-state index contributed by atoms with van der Waals surface area (Å²) in [7, 11) is -3.73. The van der Waals surface area contributed by atoms with Gasteiger partial charge in [-0.2, -0.15) is 4.31 Å². The first-order valence-electron chi connectivity index (χ1n) is 10.3. The maximum absolute atomic E-state index is 13.3. The molecule has 1 amide bonds. The van der Waals surface area contributed by atoms with Gasteiger partial charge in [-0.05, 0) is 44.4 Å². The van der Waals surface area contributed by atoms with Crippen molar-refractivity contribution in [1.29, 1.82) is 0 Å². The number of rotatable bonds is 7. The molecular formula is C23H30N2O3S. The molecule has 0 heterocycles. The summed E-state index contributed by atoms with van der Waals surface area (Å²) in [6, 6.07) is 14.7. The summed E-state index contributed by atoms with van der Waals surface area (Å²) in [5.41, 5.74) is 3.16. The Bertz CT molecular complexity index is 916. The molecule has 1 aliphatic rings. The second-order valence-corrected chi connectivity index (χ2v) is 9.81. The largest absolute Gasteiger partial charge is 0.351 e. The van der Waals surface area contributed by atoms with Crippen LogP contribution in [0.3, 0.4) is 0 Å². The molecular weight excluding hydrogens is 384 g/mol. The molecule has 0 saturated heterocycles. The van der Waals surface area contributed by atoms with Crippen LogP contribution in [0.5, 0.6) is 0 Å². The molecule has 0 radical (unpaired) electrons. The van der Waals surface area contributed by atoms with Gasteiger partial charge in [-0.25, -0.2) is 8.42 Å². The van der Waals surface area contributed by atoms with Crippen molar-refractivity contribution in [2.75, 3.05) is 6.54 Å². The smallest absolute Gasteiger partial charge is 0.243 e. The third-order valence-corrected chi connectivity index (χ3v) is 7.43. The first kappa shape index (κ1) is 21.5. The molecule has 1 N–H and O–H groups in total. The summed E-state index contributed by atoms with van der Waals surface area (Å²) in [6.45, 7) is 4.18. The van der Waals surface area contributed by atoms with Crippen LogP contribution in [0.15, 0.2) is 53.4 Å². The van der Waals surface area contributed by atoms with Crippen LogP contribution in [0.25, 0.3) is 0 Å². The second kappa shape index (κ2) is 9.55. The standard InChI is InChI=1S/C23H30N2O3S/c1-18-8-12-20(13-9-18)16-24-23(26)17-25(21-6-4-3-5-7-21)29(27,28)22-14-10-19(2)11-15-22/h8-15,21H,3-7,16-17H2,1-2H3,(H,24,26). The van der Waals surface area contributed by atoms with E-state index >= 15 is 0 Å². The fourth-order valence-electron chi connectivity index (χ4n) is 3.73. The maximum atomic E-state index is 13.3. The minimum absolute atomic E-state index is 0.125. The van der Waals surface area contributed by atoms with Crippen molar-refractivity contribution in [1.82, 2.24) is 9.62 Å². The zero-order valence-corrected chi connectivity index (χ0v) is 18.0. The predicted molar refractivity (Wildman–Crippen MR) is 115 cm³/mol. The van der Waals surface area contributed by atoms with Gasteiger partial charge in [0, 0.05) is 12.6 Å². The molecule has 2 aromatic rings. The number of sulfonamides is 1. The quantitative estimate of drug-likeness (QED) is 0.746. The number of amides is 1. The zero-order valence-electron chi connectivity index (χ0n) is 17.2. The van der Waals surface area contributed by atoms with E-state index in [-0.39, 0.29) is 23.4 Å². The van der Waals surface area contributed by atoms with Gasteiger partial charge in [0.2, 0.25) is 15.9 Å². The average Bonchev–Trinajstić information content (AvgIpc) is 2.72. The Hall–Kier alpha value is -2.18. The summed E-state index contributed by atoms with van der Waals surface area (Å²) >= 11 is 0. The molecule has 5 nitrogen and oxygen atoms in total. The third-order valence-electron chi connectivity index (χ3n) is 5.52. The topological polar surface area (TPSA) is 66.5 Å². The van der Waals surface area contributed by atoms with Crippen molar-refractivity contribution < 1.29 is 13.2 Å². The summed E-state index contributed by atoms with van der Waals surface area (Å²) in [4.78, 5) is 12.9. The van der Waals surface area contributed by atoms with E-state index in [0.29, 0.717) is 6.54 Å². The van der Waals surface area contributed by atoms with Crippen LogP contribution in [0.4, 0.5) is 0 Å². The summed E-state index contributed by atoms with van der Waals surface area (Å²) < 4.78 is 28.1. The van der Waals surface area contributed by atoms with E-state index in [1.54, 1.807) is 24.3 Å². The highest BCUT2D eigenvalue weighted by atomic mass is 32.2. The fourth-order valence-corrected chi connectivity index (χ4v) is 5.37. The lowest BCUT2D eigenvalue weighted by molar-refractivity contribution is -0.121. The number of carbonyl (C=O) groups excluding carboxylic acids is 1. The van der Waals surface area contributed by atoms with Crippen molar-refractivity contribution in [3.05, 3.63) is 65.2 Å². The lowest BCUT2D eigenvalue weighted by atomic mass is 9.95. The highest BCUT2D eigenvalue weighted by Crippen LogP contribution is 2.27. The minimum Gasteiger partial charge on any atom is -0.351 e. The van der Waals surface area contributed by atoms with Gasteiger partial charge in [-0.3, -0.25) is 4.79 Å². The van der Waals surface area contributed by atoms with Gasteiger partial charge in [0.15, 0.2) is 0 Å². The van der Waals surface area contributed by atoms with Crippen molar-refractivity contribution in [2.24, 2.45) is 0 Å². The van der Waals surface area contributed by atoms with Gasteiger partial charge >= 0.3 is 0 Å². The molecule has 0 spiro atoms. The monoisotopic (exact) mass is 414 g/mol. The van der Waals surface area contributed by atoms with E-state index in [0.717, 1.165) is 48.8 Å². The van der Waals surface area contributed by atoms with Crippen molar-refractivity contribution in [2.45, 2.75) is 63.4 Å². The summed E-state index contributed by atoms with van der Waals surface area (Å²) in [5.74, 6) is -0.271. The van der Waals surface area contributed by atoms with Gasteiger partial charge in [0.1, 0.15) is 0 Å². The molecule has 29 heavy (non-hydrogen) atoms. The third kappa shape index (κ3) is 5.67. The predicted octanol–water partition coefficient (Wildman–Crippen LogP) is 3.94. The van der Waals surface area contributed by atoms with Gasteiger partial charge < -0.3 is 5.32 Å². The number of carbonyl (C=O) groups is 1. The number of aryl methyl sites for hydroxylation is 2. The fraction of sp³-hybridized carbons (Fsp3) is 0.435. The van der Waals surface area contributed by atoms with Crippen molar-refractivity contribution in [3.8, 4) is 0 Å². The molecule has 0 unspecified atom stereocenters. The highest BCUT2D eigenvalue weighted by Gasteiger charge is 2.33. The van der Waals surface area contributed by atoms with Gasteiger partial charge in [0.25, 0.3) is 0 Å². The van der Waals surface area contributed by atoms with E-state index in [1.807, 2.05) is 38.1 Å². The Morgan fingerprint density at radius 2 is 1.48 bits per heavy atom. The van der Waals surface area contributed by atoms with E-state index in [4.69, 9.17) is 0 Å². The van der Waals surface area contributed by atoms with Crippen LogP contribution in [-0.4, -0.2) is 31.2 Å². The average molecular weight is 415 g/mol. The Morgan fingerprint density at radius 1 is 0.931 bits per heavy atom. The van der Waals surface area contributed by atoms with E-state index in [9.17, 15) is 13.2 Å². The Labute approximate surface area is 174 Å². The molecule has 0 bridgehead atoms. The van der Waals surface area contributed by atoms with Crippen LogP contribution in [-0.2, 0) is 21.4 Å². The first-order chi connectivity index (χ1) is 13.9. The lowest BCUT2D eigenvalue weighted by Gasteiger charge is -2.33. The van der Waals surface area contributed by atoms with Crippen LogP contribution in [0.1, 0.15) is 48.8 Å². The number of hydrogen-bond acceptors (Lipinski definition) is 3. The molecule has 0 aliphatic heterocycles. The van der Waals surface area contributed by atoms with Gasteiger partial charge in [0.05, 0.1) is 11.4 Å². The highest BCUT2D eigenvalue weighted by molar-refractivity contribution is 7.89. The van der Waals surface area contributed by atoms with Gasteiger partial charge in [-0.15, -0.1) is 0 Å². The number of nitrogens with one attached hydrogen (secondary N) is 1. The Kier molecular flexibility index (Phi) is 7.09. The van der Waals surface area contributed by atoms with Crippen LogP contribution >= 0.6 is 0 Å². The van der Waals surface area contributed by atoms with E-state index in [1.165, 1.54) is 4.31 Å². The minimum atomic E-state index is -3.73. The van der Waals surface area contributed by atoms with Crippen molar-refractivity contribution >= 4 is 15.9 Å². The molecule has 156 valence electrons. The second-order valence-electron chi connectivity index (χ2n) is 7.92. The Balaban J connectivity index is 1.75. The summed E-state index contributed by atoms with van der Waals surface area (Å²) in [6.07, 6.45) is 4.71. The van der Waals surface area contributed by atoms with Crippen molar-refractivity contribution in [3.63, 3.8) is 0 Å². The van der Waals surface area contributed by atoms with Crippen LogP contribution < -0.4 is 5.32 Å². The maximum Gasteiger partial charge on any atom is 0.243 e. The molecule has 0 aromatic heterocycles. The Morgan fingerprint density at radius 3 is 2.07 bits per heavy atom. The van der Waals surface area contributed by atoms with E-state index in [2.05, 4.69) is 5.32 Å². The summed E-state index contributed by atoms with van der Waals surface area (Å²) in [5, 5.41) is 2.88. The van der Waals surface area contributed by atoms with E-state index < -0.39 is 10.0 Å².